The highest BCUT2D eigenvalue weighted by Crippen LogP contribution is 2.19. The van der Waals surface area contributed by atoms with Gasteiger partial charge in [-0.05, 0) is 49.2 Å². The second-order valence-corrected chi connectivity index (χ2v) is 5.09. The van der Waals surface area contributed by atoms with Crippen molar-refractivity contribution in [2.75, 3.05) is 5.32 Å². The smallest absolute Gasteiger partial charge is 0.275 e. The van der Waals surface area contributed by atoms with Gasteiger partial charge in [-0.1, -0.05) is 29.3 Å². The minimum Gasteiger partial charge on any atom is -0.321 e. The van der Waals surface area contributed by atoms with Crippen molar-refractivity contribution in [1.82, 2.24) is 4.98 Å². The molecule has 0 atom stereocenters. The number of rotatable bonds is 2. The maximum Gasteiger partial charge on any atom is 0.275 e. The van der Waals surface area contributed by atoms with E-state index in [2.05, 4.69) is 10.3 Å². The quantitative estimate of drug-likeness (QED) is 0.841. The number of aryl methyl sites for hydroxylation is 2. The molecule has 1 aromatic carbocycles. The summed E-state index contributed by atoms with van der Waals surface area (Å²) in [6.07, 6.45) is 0. The molecule has 2 aromatic rings. The van der Waals surface area contributed by atoms with E-state index in [1.165, 1.54) is 6.07 Å². The Morgan fingerprint density at radius 1 is 1.11 bits per heavy atom. The Morgan fingerprint density at radius 2 is 1.74 bits per heavy atom. The number of anilines is 1. The first-order valence-electron chi connectivity index (χ1n) is 5.67. The SMILES string of the molecule is Cc1cc(C)cc(NC(=O)c2nc(Cl)ccc2Cl)c1. The average molecular weight is 295 g/mol. The highest BCUT2D eigenvalue weighted by atomic mass is 35.5. The molecule has 2 rings (SSSR count). The Bertz CT molecular complexity index is 621. The first-order chi connectivity index (χ1) is 8.95. The van der Waals surface area contributed by atoms with Gasteiger partial charge in [-0.3, -0.25) is 4.79 Å². The summed E-state index contributed by atoms with van der Waals surface area (Å²) in [5, 5.41) is 3.26. The number of carbonyl (C=O) groups is 1. The second kappa shape index (κ2) is 5.59. The van der Waals surface area contributed by atoms with Crippen LogP contribution in [-0.2, 0) is 0 Å². The maximum atomic E-state index is 12.1. The summed E-state index contributed by atoms with van der Waals surface area (Å²) in [4.78, 5) is 16.0. The van der Waals surface area contributed by atoms with E-state index < -0.39 is 0 Å². The van der Waals surface area contributed by atoms with E-state index in [1.54, 1.807) is 6.07 Å². The number of aromatic nitrogens is 1. The largest absolute Gasteiger partial charge is 0.321 e. The van der Waals surface area contributed by atoms with E-state index in [4.69, 9.17) is 23.2 Å². The lowest BCUT2D eigenvalue weighted by molar-refractivity contribution is 0.102. The van der Waals surface area contributed by atoms with Crippen molar-refractivity contribution in [3.63, 3.8) is 0 Å². The Hall–Kier alpha value is -1.58. The van der Waals surface area contributed by atoms with E-state index >= 15 is 0 Å². The summed E-state index contributed by atoms with van der Waals surface area (Å²) in [6, 6.07) is 8.87. The molecule has 0 saturated heterocycles. The van der Waals surface area contributed by atoms with Crippen molar-refractivity contribution < 1.29 is 4.79 Å². The molecular formula is C14H12Cl2N2O. The Labute approximate surface area is 121 Å². The van der Waals surface area contributed by atoms with Gasteiger partial charge in [0.25, 0.3) is 5.91 Å². The number of pyridine rings is 1. The third-order valence-electron chi connectivity index (χ3n) is 2.51. The van der Waals surface area contributed by atoms with Gasteiger partial charge in [0.1, 0.15) is 10.8 Å². The molecule has 0 radical (unpaired) electrons. The van der Waals surface area contributed by atoms with Crippen molar-refractivity contribution >= 4 is 34.8 Å². The first-order valence-corrected chi connectivity index (χ1v) is 6.43. The third-order valence-corrected chi connectivity index (χ3v) is 3.02. The van der Waals surface area contributed by atoms with Crippen molar-refractivity contribution in [2.45, 2.75) is 13.8 Å². The predicted octanol–water partition coefficient (Wildman–Crippen LogP) is 4.26. The molecular weight excluding hydrogens is 283 g/mol. The monoisotopic (exact) mass is 294 g/mol. The second-order valence-electron chi connectivity index (χ2n) is 4.29. The minimum absolute atomic E-state index is 0.119. The molecule has 0 bridgehead atoms. The van der Waals surface area contributed by atoms with Crippen molar-refractivity contribution in [3.8, 4) is 0 Å². The molecule has 0 aliphatic rings. The van der Waals surface area contributed by atoms with Gasteiger partial charge in [0.15, 0.2) is 0 Å². The van der Waals surface area contributed by atoms with Gasteiger partial charge in [0.05, 0.1) is 5.02 Å². The van der Waals surface area contributed by atoms with Crippen LogP contribution in [0.25, 0.3) is 0 Å². The Morgan fingerprint density at radius 3 is 2.37 bits per heavy atom. The summed E-state index contributed by atoms with van der Waals surface area (Å²) in [5.74, 6) is -0.377. The Kier molecular flexibility index (Phi) is 4.08. The molecule has 1 heterocycles. The fourth-order valence-electron chi connectivity index (χ4n) is 1.81. The Balaban J connectivity index is 2.28. The number of benzene rings is 1. The first kappa shape index (κ1) is 13.8. The van der Waals surface area contributed by atoms with Crippen molar-refractivity contribution in [1.29, 1.82) is 0 Å². The van der Waals surface area contributed by atoms with Crippen molar-refractivity contribution in [3.05, 3.63) is 57.3 Å². The number of nitrogens with zero attached hydrogens (tertiary/aromatic N) is 1. The van der Waals surface area contributed by atoms with Crippen LogP contribution in [-0.4, -0.2) is 10.9 Å². The number of carbonyl (C=O) groups excluding carboxylic acids is 1. The van der Waals surface area contributed by atoms with Crippen LogP contribution in [0.2, 0.25) is 10.2 Å². The van der Waals surface area contributed by atoms with Crippen molar-refractivity contribution in [2.24, 2.45) is 0 Å². The number of halogens is 2. The fourth-order valence-corrected chi connectivity index (χ4v) is 2.15. The fraction of sp³-hybridized carbons (Fsp3) is 0.143. The molecule has 0 aliphatic heterocycles. The summed E-state index contributed by atoms with van der Waals surface area (Å²) >= 11 is 11.7. The minimum atomic E-state index is -0.377. The number of hydrogen-bond acceptors (Lipinski definition) is 2. The summed E-state index contributed by atoms with van der Waals surface area (Å²) < 4.78 is 0. The summed E-state index contributed by atoms with van der Waals surface area (Å²) in [7, 11) is 0. The lowest BCUT2D eigenvalue weighted by Gasteiger charge is -2.08. The van der Waals surface area contributed by atoms with Gasteiger partial charge in [0.2, 0.25) is 0 Å². The number of hydrogen-bond donors (Lipinski definition) is 1. The molecule has 5 heteroatoms. The zero-order chi connectivity index (χ0) is 14.0. The molecule has 98 valence electrons. The van der Waals surface area contributed by atoms with E-state index in [-0.39, 0.29) is 21.8 Å². The standard InChI is InChI=1S/C14H12Cl2N2O/c1-8-5-9(2)7-10(6-8)17-14(19)13-11(15)3-4-12(16)18-13/h3-7H,1-2H3,(H,17,19). The molecule has 0 saturated carbocycles. The van der Waals surface area contributed by atoms with Gasteiger partial charge >= 0.3 is 0 Å². The predicted molar refractivity (Wildman–Crippen MR) is 78.1 cm³/mol. The molecule has 0 aliphatic carbocycles. The van der Waals surface area contributed by atoms with Gasteiger partial charge in [-0.2, -0.15) is 0 Å². The lowest BCUT2D eigenvalue weighted by atomic mass is 10.1. The third kappa shape index (κ3) is 3.46. The van der Waals surface area contributed by atoms with Crippen LogP contribution in [0.3, 0.4) is 0 Å². The van der Waals surface area contributed by atoms with Crippen LogP contribution in [0.4, 0.5) is 5.69 Å². The van der Waals surface area contributed by atoms with Crippen LogP contribution >= 0.6 is 23.2 Å². The van der Waals surface area contributed by atoms with E-state index in [1.807, 2.05) is 32.0 Å². The zero-order valence-corrected chi connectivity index (χ0v) is 12.0. The van der Waals surface area contributed by atoms with Crippen LogP contribution < -0.4 is 5.32 Å². The molecule has 1 N–H and O–H groups in total. The highest BCUT2D eigenvalue weighted by Gasteiger charge is 2.13. The van der Waals surface area contributed by atoms with Gasteiger partial charge in [-0.15, -0.1) is 0 Å². The molecule has 19 heavy (non-hydrogen) atoms. The molecule has 0 spiro atoms. The topological polar surface area (TPSA) is 42.0 Å². The van der Waals surface area contributed by atoms with E-state index in [9.17, 15) is 4.79 Å². The average Bonchev–Trinajstić information content (AvgIpc) is 2.30. The van der Waals surface area contributed by atoms with Gasteiger partial charge in [-0.25, -0.2) is 4.98 Å². The normalized spacial score (nSPS) is 10.3. The van der Waals surface area contributed by atoms with Gasteiger partial charge in [0, 0.05) is 5.69 Å². The van der Waals surface area contributed by atoms with Crippen LogP contribution in [0.1, 0.15) is 21.6 Å². The molecule has 1 amide bonds. The van der Waals surface area contributed by atoms with Crippen LogP contribution in [0.5, 0.6) is 0 Å². The molecule has 1 aromatic heterocycles. The molecule has 3 nitrogen and oxygen atoms in total. The highest BCUT2D eigenvalue weighted by molar-refractivity contribution is 6.35. The van der Waals surface area contributed by atoms with E-state index in [0.29, 0.717) is 5.69 Å². The summed E-state index contributed by atoms with van der Waals surface area (Å²) in [6.45, 7) is 3.93. The molecule has 0 unspecified atom stereocenters. The van der Waals surface area contributed by atoms with E-state index in [0.717, 1.165) is 11.1 Å². The maximum absolute atomic E-state index is 12.1. The van der Waals surface area contributed by atoms with Crippen LogP contribution in [0, 0.1) is 13.8 Å². The lowest BCUT2D eigenvalue weighted by Crippen LogP contribution is -2.14. The summed E-state index contributed by atoms with van der Waals surface area (Å²) in [5.41, 5.74) is 2.97. The zero-order valence-electron chi connectivity index (χ0n) is 10.5. The molecule has 0 fully saturated rings. The van der Waals surface area contributed by atoms with Gasteiger partial charge < -0.3 is 5.32 Å². The number of nitrogens with one attached hydrogen (secondary N) is 1. The number of amides is 1. The van der Waals surface area contributed by atoms with Crippen LogP contribution in [0.15, 0.2) is 30.3 Å².